The molecule has 0 aromatic heterocycles. The van der Waals surface area contributed by atoms with Crippen molar-refractivity contribution in [1.82, 2.24) is 0 Å². The monoisotopic (exact) mass is 244 g/mol. The van der Waals surface area contributed by atoms with Crippen LogP contribution in [-0.4, -0.2) is 5.78 Å². The van der Waals surface area contributed by atoms with Crippen molar-refractivity contribution in [3.05, 3.63) is 70.2 Å². The lowest BCUT2D eigenvalue weighted by Crippen LogP contribution is -2.03. The van der Waals surface area contributed by atoms with Crippen molar-refractivity contribution in [2.24, 2.45) is 0 Å². The van der Waals surface area contributed by atoms with Crippen LogP contribution in [0.3, 0.4) is 0 Å². The molecule has 0 heterocycles. The number of carbonyl (C=O) groups excluding carboxylic acids is 1. The minimum atomic E-state index is -0.0223. The summed E-state index contributed by atoms with van der Waals surface area (Å²) in [5.74, 6) is -0.0223. The van der Waals surface area contributed by atoms with E-state index in [0.717, 1.165) is 12.0 Å². The molecule has 17 heavy (non-hydrogen) atoms. The number of aryl methyl sites for hydroxylation is 1. The van der Waals surface area contributed by atoms with Gasteiger partial charge in [0.15, 0.2) is 5.78 Å². The van der Waals surface area contributed by atoms with E-state index in [9.17, 15) is 4.79 Å². The molecule has 0 bridgehead atoms. The Morgan fingerprint density at radius 3 is 2.41 bits per heavy atom. The maximum atomic E-state index is 12.3. The Hall–Kier alpha value is -1.60. The predicted octanol–water partition coefficient (Wildman–Crippen LogP) is 4.13. The van der Waals surface area contributed by atoms with E-state index >= 15 is 0 Å². The zero-order chi connectivity index (χ0) is 12.3. The predicted molar refractivity (Wildman–Crippen MR) is 70.7 cm³/mol. The zero-order valence-electron chi connectivity index (χ0n) is 9.61. The van der Waals surface area contributed by atoms with Crippen LogP contribution in [0, 0.1) is 0 Å². The van der Waals surface area contributed by atoms with Crippen molar-refractivity contribution in [2.45, 2.75) is 13.3 Å². The van der Waals surface area contributed by atoms with Crippen molar-refractivity contribution in [1.29, 1.82) is 0 Å². The van der Waals surface area contributed by atoms with E-state index in [-0.39, 0.29) is 5.78 Å². The number of carbonyl (C=O) groups is 1. The summed E-state index contributed by atoms with van der Waals surface area (Å²) < 4.78 is 0. The SMILES string of the molecule is CCc1cccc(C(=O)c2ccccc2)c1Cl. The van der Waals surface area contributed by atoms with Crippen LogP contribution in [-0.2, 0) is 6.42 Å². The highest BCUT2D eigenvalue weighted by Crippen LogP contribution is 2.24. The van der Waals surface area contributed by atoms with Gasteiger partial charge in [-0.25, -0.2) is 0 Å². The second-order valence-electron chi connectivity index (χ2n) is 3.83. The molecule has 0 radical (unpaired) electrons. The summed E-state index contributed by atoms with van der Waals surface area (Å²) >= 11 is 6.23. The van der Waals surface area contributed by atoms with Crippen LogP contribution in [0.1, 0.15) is 28.4 Å². The maximum Gasteiger partial charge on any atom is 0.194 e. The van der Waals surface area contributed by atoms with Gasteiger partial charge in [-0.2, -0.15) is 0 Å². The first-order valence-electron chi connectivity index (χ1n) is 5.61. The van der Waals surface area contributed by atoms with E-state index in [4.69, 9.17) is 11.6 Å². The van der Waals surface area contributed by atoms with E-state index in [1.807, 2.05) is 37.3 Å². The highest BCUT2D eigenvalue weighted by molar-refractivity contribution is 6.35. The topological polar surface area (TPSA) is 17.1 Å². The molecule has 0 atom stereocenters. The molecule has 0 aliphatic carbocycles. The molecule has 0 amide bonds. The Balaban J connectivity index is 2.45. The molecule has 86 valence electrons. The van der Waals surface area contributed by atoms with Gasteiger partial charge >= 0.3 is 0 Å². The molecule has 0 N–H and O–H groups in total. The van der Waals surface area contributed by atoms with Crippen molar-refractivity contribution in [3.63, 3.8) is 0 Å². The molecule has 0 unspecified atom stereocenters. The average Bonchev–Trinajstić information content (AvgIpc) is 2.39. The molecular weight excluding hydrogens is 232 g/mol. The average molecular weight is 245 g/mol. The Morgan fingerprint density at radius 2 is 1.76 bits per heavy atom. The lowest BCUT2D eigenvalue weighted by atomic mass is 10.0. The summed E-state index contributed by atoms with van der Waals surface area (Å²) in [5, 5.41) is 0.573. The lowest BCUT2D eigenvalue weighted by Gasteiger charge is -2.07. The number of hydrogen-bond acceptors (Lipinski definition) is 1. The Kier molecular flexibility index (Phi) is 3.60. The third-order valence-corrected chi connectivity index (χ3v) is 3.19. The van der Waals surface area contributed by atoms with Crippen molar-refractivity contribution < 1.29 is 4.79 Å². The Labute approximate surface area is 106 Å². The van der Waals surface area contributed by atoms with Crippen LogP contribution < -0.4 is 0 Å². The summed E-state index contributed by atoms with van der Waals surface area (Å²) in [4.78, 5) is 12.3. The minimum Gasteiger partial charge on any atom is -0.289 e. The molecule has 0 saturated carbocycles. The van der Waals surface area contributed by atoms with Gasteiger partial charge in [-0.1, -0.05) is 61.0 Å². The Morgan fingerprint density at radius 1 is 1.06 bits per heavy atom. The highest BCUT2D eigenvalue weighted by Gasteiger charge is 2.13. The summed E-state index contributed by atoms with van der Waals surface area (Å²) in [6, 6.07) is 14.8. The van der Waals surface area contributed by atoms with Crippen molar-refractivity contribution >= 4 is 17.4 Å². The first-order valence-corrected chi connectivity index (χ1v) is 5.99. The smallest absolute Gasteiger partial charge is 0.194 e. The van der Waals surface area contributed by atoms with E-state index in [0.29, 0.717) is 16.1 Å². The third kappa shape index (κ3) is 2.40. The summed E-state index contributed by atoms with van der Waals surface area (Å²) in [5.41, 5.74) is 2.26. The van der Waals surface area contributed by atoms with E-state index in [1.165, 1.54) is 0 Å². The number of halogens is 1. The zero-order valence-corrected chi connectivity index (χ0v) is 10.4. The fourth-order valence-electron chi connectivity index (χ4n) is 1.77. The van der Waals surface area contributed by atoms with Gasteiger partial charge in [-0.15, -0.1) is 0 Å². The van der Waals surface area contributed by atoms with Crippen molar-refractivity contribution in [2.75, 3.05) is 0 Å². The van der Waals surface area contributed by atoms with Gasteiger partial charge in [0.2, 0.25) is 0 Å². The molecule has 1 nitrogen and oxygen atoms in total. The van der Waals surface area contributed by atoms with Gasteiger partial charge < -0.3 is 0 Å². The molecule has 0 fully saturated rings. The molecule has 2 rings (SSSR count). The van der Waals surface area contributed by atoms with Crippen LogP contribution in [0.5, 0.6) is 0 Å². The number of benzene rings is 2. The molecule has 2 heteroatoms. The number of rotatable bonds is 3. The summed E-state index contributed by atoms with van der Waals surface area (Å²) in [6.07, 6.45) is 0.828. The standard InChI is InChI=1S/C15H13ClO/c1-2-11-9-6-10-13(14(11)16)15(17)12-7-4-3-5-8-12/h3-10H,2H2,1H3. The molecule has 0 saturated heterocycles. The van der Waals surface area contributed by atoms with Gasteiger partial charge in [0.25, 0.3) is 0 Å². The Bertz CT molecular complexity index is 532. The van der Waals surface area contributed by atoms with Crippen molar-refractivity contribution in [3.8, 4) is 0 Å². The quantitative estimate of drug-likeness (QED) is 0.742. The molecule has 0 aliphatic rings. The van der Waals surface area contributed by atoms with Gasteiger partial charge in [-0.05, 0) is 18.1 Å². The molecule has 2 aromatic rings. The second kappa shape index (κ2) is 5.15. The minimum absolute atomic E-state index is 0.0223. The second-order valence-corrected chi connectivity index (χ2v) is 4.21. The fraction of sp³-hybridized carbons (Fsp3) is 0.133. The third-order valence-electron chi connectivity index (χ3n) is 2.74. The lowest BCUT2D eigenvalue weighted by molar-refractivity contribution is 0.103. The summed E-state index contributed by atoms with van der Waals surface area (Å²) in [6.45, 7) is 2.03. The van der Waals surface area contributed by atoms with E-state index < -0.39 is 0 Å². The normalized spacial score (nSPS) is 10.2. The van der Waals surface area contributed by atoms with Crippen LogP contribution in [0.25, 0.3) is 0 Å². The van der Waals surface area contributed by atoms with E-state index in [1.54, 1.807) is 18.2 Å². The summed E-state index contributed by atoms with van der Waals surface area (Å²) in [7, 11) is 0. The molecule has 0 aliphatic heterocycles. The maximum absolute atomic E-state index is 12.3. The van der Waals surface area contributed by atoms with Crippen LogP contribution in [0.4, 0.5) is 0 Å². The molecular formula is C15H13ClO. The van der Waals surface area contributed by atoms with Gasteiger partial charge in [-0.3, -0.25) is 4.79 Å². The molecule has 0 spiro atoms. The number of hydrogen-bond donors (Lipinski definition) is 0. The fourth-order valence-corrected chi connectivity index (χ4v) is 2.12. The highest BCUT2D eigenvalue weighted by atomic mass is 35.5. The molecule has 2 aromatic carbocycles. The van der Waals surface area contributed by atoms with Crippen LogP contribution >= 0.6 is 11.6 Å². The van der Waals surface area contributed by atoms with Crippen LogP contribution in [0.15, 0.2) is 48.5 Å². The largest absolute Gasteiger partial charge is 0.289 e. The van der Waals surface area contributed by atoms with Gasteiger partial charge in [0, 0.05) is 11.1 Å². The van der Waals surface area contributed by atoms with Crippen LogP contribution in [0.2, 0.25) is 5.02 Å². The van der Waals surface area contributed by atoms with Gasteiger partial charge in [0.05, 0.1) is 5.02 Å². The van der Waals surface area contributed by atoms with Gasteiger partial charge in [0.1, 0.15) is 0 Å². The van der Waals surface area contributed by atoms with E-state index in [2.05, 4.69) is 0 Å². The first-order chi connectivity index (χ1) is 8.24. The first kappa shape index (κ1) is 11.9. The number of ketones is 1.